The van der Waals surface area contributed by atoms with Gasteiger partial charge in [0.1, 0.15) is 18.1 Å². The summed E-state index contributed by atoms with van der Waals surface area (Å²) < 4.78 is 7.31. The number of aliphatic hydroxyl groups excluding tert-OH is 1. The molecule has 2 heterocycles. The van der Waals surface area contributed by atoms with E-state index in [1.165, 1.54) is 6.08 Å². The molecule has 0 radical (unpaired) electrons. The summed E-state index contributed by atoms with van der Waals surface area (Å²) in [6.45, 7) is 5.08. The van der Waals surface area contributed by atoms with Gasteiger partial charge in [-0.25, -0.2) is 4.98 Å². The summed E-state index contributed by atoms with van der Waals surface area (Å²) in [5, 5.41) is 16.7. The Morgan fingerprint density at radius 2 is 1.95 bits per heavy atom. The Morgan fingerprint density at radius 3 is 2.66 bits per heavy atom. The van der Waals surface area contributed by atoms with E-state index in [9.17, 15) is 9.90 Å². The van der Waals surface area contributed by atoms with Crippen LogP contribution in [0.15, 0.2) is 67.4 Å². The maximum Gasteiger partial charge on any atom is 0.247 e. The third-order valence-corrected chi connectivity index (χ3v) is 6.12. The lowest BCUT2D eigenvalue weighted by Crippen LogP contribution is -2.28. The summed E-state index contributed by atoms with van der Waals surface area (Å²) in [7, 11) is 7.77. The molecule has 0 unspecified atom stereocenters. The van der Waals surface area contributed by atoms with E-state index in [0.29, 0.717) is 34.4 Å². The molecule has 0 atom stereocenters. The molecule has 10 heteroatoms. The van der Waals surface area contributed by atoms with Gasteiger partial charge in [0.25, 0.3) is 0 Å². The lowest BCUT2D eigenvalue weighted by molar-refractivity contribution is -0.111. The highest BCUT2D eigenvalue weighted by Crippen LogP contribution is 2.34. The molecule has 0 aliphatic carbocycles. The van der Waals surface area contributed by atoms with E-state index >= 15 is 0 Å². The molecule has 0 bridgehead atoms. The normalized spacial score (nSPS) is 11.0. The van der Waals surface area contributed by atoms with Gasteiger partial charge in [0, 0.05) is 54.7 Å². The number of anilines is 4. The average molecular weight is 516 g/mol. The third-order valence-electron chi connectivity index (χ3n) is 6.12. The molecule has 4 rings (SSSR count). The number of ether oxygens (including phenoxy) is 1. The number of rotatable bonds is 11. The molecule has 198 valence electrons. The van der Waals surface area contributed by atoms with Crippen molar-refractivity contribution in [2.24, 2.45) is 0 Å². The van der Waals surface area contributed by atoms with Crippen molar-refractivity contribution < 1.29 is 14.6 Å². The van der Waals surface area contributed by atoms with Gasteiger partial charge < -0.3 is 34.8 Å². The first kappa shape index (κ1) is 26.6. The lowest BCUT2D eigenvalue weighted by Gasteiger charge is -2.23. The monoisotopic (exact) mass is 515 g/mol. The van der Waals surface area contributed by atoms with Crippen molar-refractivity contribution in [1.29, 1.82) is 0 Å². The van der Waals surface area contributed by atoms with Crippen LogP contribution in [0, 0.1) is 0 Å². The van der Waals surface area contributed by atoms with Crippen molar-refractivity contribution in [3.05, 3.63) is 67.4 Å². The molecule has 1 amide bonds. The summed E-state index contributed by atoms with van der Waals surface area (Å²) >= 11 is 0. The number of hydrogen-bond acceptors (Lipinski definition) is 8. The van der Waals surface area contributed by atoms with Gasteiger partial charge in [0.05, 0.1) is 18.5 Å². The average Bonchev–Trinajstić information content (AvgIpc) is 3.34. The molecule has 0 fully saturated rings. The first-order chi connectivity index (χ1) is 18.3. The minimum atomic E-state index is -0.299. The van der Waals surface area contributed by atoms with Crippen LogP contribution >= 0.6 is 0 Å². The number of fused-ring (bicyclic) bond motifs is 1. The summed E-state index contributed by atoms with van der Waals surface area (Å²) in [6.07, 6.45) is 2.98. The second-order valence-electron chi connectivity index (χ2n) is 9.07. The number of amides is 1. The molecule has 0 saturated carbocycles. The molecule has 0 spiro atoms. The fourth-order valence-electron chi connectivity index (χ4n) is 4.01. The van der Waals surface area contributed by atoms with E-state index in [1.807, 2.05) is 63.6 Å². The number of carbonyl (C=O) groups excluding carboxylic acids is 1. The molecule has 3 N–H and O–H groups in total. The van der Waals surface area contributed by atoms with Gasteiger partial charge >= 0.3 is 0 Å². The molecule has 0 aliphatic heterocycles. The molecule has 4 aromatic rings. The highest BCUT2D eigenvalue weighted by molar-refractivity contribution is 6.00. The first-order valence-corrected chi connectivity index (χ1v) is 12.2. The van der Waals surface area contributed by atoms with E-state index in [0.717, 1.165) is 29.7 Å². The van der Waals surface area contributed by atoms with Crippen LogP contribution in [0.2, 0.25) is 0 Å². The zero-order valence-corrected chi connectivity index (χ0v) is 22.1. The Hall–Kier alpha value is -4.41. The van der Waals surface area contributed by atoms with Crippen LogP contribution in [0.3, 0.4) is 0 Å². The Morgan fingerprint density at radius 1 is 1.13 bits per heavy atom. The second kappa shape index (κ2) is 11.8. The van der Waals surface area contributed by atoms with E-state index in [1.54, 1.807) is 23.9 Å². The molecule has 10 nitrogen and oxygen atoms in total. The van der Waals surface area contributed by atoms with E-state index in [-0.39, 0.29) is 12.6 Å². The summed E-state index contributed by atoms with van der Waals surface area (Å²) in [6, 6.07) is 15.2. The summed E-state index contributed by atoms with van der Waals surface area (Å²) in [5.41, 5.74) is 4.35. The lowest BCUT2D eigenvalue weighted by atomic mass is 10.1. The number of likely N-dealkylation sites (N-methyl/N-ethyl adjacent to an activating group) is 2. The number of nitrogens with one attached hydrogen (secondary N) is 2. The first-order valence-electron chi connectivity index (χ1n) is 12.2. The standard InChI is InChI=1S/C28H33N7O3/c1-6-25(37)29-20-9-7-8-19(16-20)26-22-12-13-35(18-36)27(22)32-28(31-26)30-23-11-10-21(17-24(23)38-5)34(4)15-14-33(2)3/h6-13,16-17,36H,1,14-15,18H2,2-5H3,(H,29,37)(H,30,31,32). The second-order valence-corrected chi connectivity index (χ2v) is 9.07. The van der Waals surface area contributed by atoms with Gasteiger partial charge in [-0.15, -0.1) is 0 Å². The number of aromatic nitrogens is 3. The Bertz CT molecular complexity index is 1450. The van der Waals surface area contributed by atoms with E-state index in [2.05, 4.69) is 32.0 Å². The minimum Gasteiger partial charge on any atom is -0.494 e. The van der Waals surface area contributed by atoms with Crippen LogP contribution in [-0.4, -0.2) is 71.8 Å². The zero-order chi connectivity index (χ0) is 27.2. The SMILES string of the molecule is C=CC(=O)Nc1cccc(-c2nc(Nc3ccc(N(C)CCN(C)C)cc3OC)nc3c2ccn3CO)c1. The molecule has 0 saturated heterocycles. The van der Waals surface area contributed by atoms with Gasteiger partial charge in [0.2, 0.25) is 11.9 Å². The van der Waals surface area contributed by atoms with Crippen molar-refractivity contribution in [3.8, 4) is 17.0 Å². The van der Waals surface area contributed by atoms with Crippen molar-refractivity contribution in [3.63, 3.8) is 0 Å². The van der Waals surface area contributed by atoms with Gasteiger partial charge in [-0.1, -0.05) is 18.7 Å². The Labute approximate surface area is 222 Å². The van der Waals surface area contributed by atoms with Crippen LogP contribution in [0.25, 0.3) is 22.3 Å². The quantitative estimate of drug-likeness (QED) is 0.258. The molecular formula is C28H33N7O3. The third kappa shape index (κ3) is 5.93. The van der Waals surface area contributed by atoms with Gasteiger partial charge in [0.15, 0.2) is 0 Å². The summed E-state index contributed by atoms with van der Waals surface area (Å²) in [5.74, 6) is 0.691. The van der Waals surface area contributed by atoms with Crippen LogP contribution < -0.4 is 20.3 Å². The zero-order valence-electron chi connectivity index (χ0n) is 22.1. The topological polar surface area (TPSA) is 108 Å². The van der Waals surface area contributed by atoms with E-state index in [4.69, 9.17) is 9.72 Å². The number of aliphatic hydroxyl groups is 1. The highest BCUT2D eigenvalue weighted by atomic mass is 16.5. The number of methoxy groups -OCH3 is 1. The molecular weight excluding hydrogens is 482 g/mol. The fraction of sp³-hybridized carbons (Fsp3) is 0.250. The molecule has 0 aliphatic rings. The van der Waals surface area contributed by atoms with Crippen LogP contribution in [0.4, 0.5) is 23.0 Å². The van der Waals surface area contributed by atoms with Crippen molar-refractivity contribution in [2.75, 3.05) is 56.9 Å². The minimum absolute atomic E-state index is 0.230. The predicted molar refractivity (Wildman–Crippen MR) is 152 cm³/mol. The van der Waals surface area contributed by atoms with Crippen molar-refractivity contribution in [1.82, 2.24) is 19.4 Å². The predicted octanol–water partition coefficient (Wildman–Crippen LogP) is 3.92. The fourth-order valence-corrected chi connectivity index (χ4v) is 4.01. The van der Waals surface area contributed by atoms with Crippen LogP contribution in [0.5, 0.6) is 5.75 Å². The number of carbonyl (C=O) groups is 1. The van der Waals surface area contributed by atoms with Gasteiger partial charge in [-0.2, -0.15) is 4.98 Å². The Kier molecular flexibility index (Phi) is 8.25. The largest absolute Gasteiger partial charge is 0.494 e. The number of hydrogen-bond donors (Lipinski definition) is 3. The van der Waals surface area contributed by atoms with Crippen molar-refractivity contribution in [2.45, 2.75) is 6.73 Å². The van der Waals surface area contributed by atoms with E-state index < -0.39 is 0 Å². The highest BCUT2D eigenvalue weighted by Gasteiger charge is 2.16. The molecule has 2 aromatic heterocycles. The molecule has 2 aromatic carbocycles. The smallest absolute Gasteiger partial charge is 0.247 e. The maximum absolute atomic E-state index is 11.8. The van der Waals surface area contributed by atoms with Gasteiger partial charge in [-0.05, 0) is 50.5 Å². The number of nitrogens with zero attached hydrogens (tertiary/aromatic N) is 5. The van der Waals surface area contributed by atoms with Gasteiger partial charge in [-0.3, -0.25) is 4.79 Å². The Balaban J connectivity index is 1.72. The number of benzene rings is 2. The molecule has 38 heavy (non-hydrogen) atoms. The van der Waals surface area contributed by atoms with Crippen molar-refractivity contribution >= 4 is 40.0 Å². The van der Waals surface area contributed by atoms with Crippen LogP contribution in [-0.2, 0) is 11.5 Å². The maximum atomic E-state index is 11.8. The summed E-state index contributed by atoms with van der Waals surface area (Å²) in [4.78, 5) is 25.6. The van der Waals surface area contributed by atoms with Crippen LogP contribution in [0.1, 0.15) is 0 Å².